The van der Waals surface area contributed by atoms with Gasteiger partial charge in [-0.3, -0.25) is 0 Å². The van der Waals surface area contributed by atoms with E-state index in [0.717, 1.165) is 18.9 Å². The van der Waals surface area contributed by atoms with Crippen LogP contribution in [0.25, 0.3) is 0 Å². The minimum atomic E-state index is 0.686. The molecule has 0 spiro atoms. The molecule has 0 fully saturated rings. The highest BCUT2D eigenvalue weighted by Gasteiger charge is 2.02. The van der Waals surface area contributed by atoms with Crippen molar-refractivity contribution in [3.63, 3.8) is 0 Å². The number of thioether (sulfide) groups is 1. The Hall–Kier alpha value is -0.190. The molecule has 1 aromatic heterocycles. The van der Waals surface area contributed by atoms with Gasteiger partial charge in [-0.1, -0.05) is 11.6 Å². The molecule has 1 N–H and O–H groups in total. The Morgan fingerprint density at radius 3 is 3.00 bits per heavy atom. The van der Waals surface area contributed by atoms with Crippen LogP contribution in [-0.2, 0) is 13.6 Å². The van der Waals surface area contributed by atoms with Crippen LogP contribution in [0.5, 0.6) is 0 Å². The Morgan fingerprint density at radius 1 is 1.64 bits per heavy atom. The van der Waals surface area contributed by atoms with Gasteiger partial charge in [-0.05, 0) is 25.0 Å². The first kappa shape index (κ1) is 11.9. The minimum absolute atomic E-state index is 0.686. The average Bonchev–Trinajstić information content (AvgIpc) is 2.49. The van der Waals surface area contributed by atoms with E-state index in [4.69, 9.17) is 11.6 Å². The lowest BCUT2D eigenvalue weighted by molar-refractivity contribution is 0.633. The first-order chi connectivity index (χ1) is 6.75. The summed E-state index contributed by atoms with van der Waals surface area (Å²) in [5.74, 6) is 2.19. The predicted octanol–water partition coefficient (Wildman–Crippen LogP) is 1.92. The highest BCUT2D eigenvalue weighted by atomic mass is 35.5. The zero-order valence-electron chi connectivity index (χ0n) is 8.59. The highest BCUT2D eigenvalue weighted by Crippen LogP contribution is 2.08. The molecule has 1 aromatic rings. The maximum absolute atomic E-state index is 5.86. The van der Waals surface area contributed by atoms with Crippen LogP contribution in [0.1, 0.15) is 12.2 Å². The zero-order valence-corrected chi connectivity index (χ0v) is 10.2. The van der Waals surface area contributed by atoms with E-state index in [1.807, 2.05) is 23.4 Å². The van der Waals surface area contributed by atoms with Crippen molar-refractivity contribution in [3.05, 3.63) is 17.2 Å². The molecule has 0 amide bonds. The number of hydrogen-bond acceptors (Lipinski definition) is 3. The zero-order chi connectivity index (χ0) is 10.4. The van der Waals surface area contributed by atoms with Gasteiger partial charge in [0.25, 0.3) is 0 Å². The second-order valence-electron chi connectivity index (χ2n) is 3.08. The van der Waals surface area contributed by atoms with Crippen molar-refractivity contribution in [1.29, 1.82) is 0 Å². The molecule has 0 atom stereocenters. The third-order valence-electron chi connectivity index (χ3n) is 2.01. The summed E-state index contributed by atoms with van der Waals surface area (Å²) in [5.41, 5.74) is 0. The molecule has 3 nitrogen and oxygen atoms in total. The van der Waals surface area contributed by atoms with Crippen LogP contribution in [0.2, 0.25) is 5.15 Å². The minimum Gasteiger partial charge on any atom is -0.321 e. The SMILES string of the molecule is CSCCCNCc1ncc(Cl)n1C. The molecular weight excluding hydrogens is 218 g/mol. The predicted molar refractivity (Wildman–Crippen MR) is 62.9 cm³/mol. The molecule has 0 aromatic carbocycles. The van der Waals surface area contributed by atoms with Gasteiger partial charge < -0.3 is 9.88 Å². The summed E-state index contributed by atoms with van der Waals surface area (Å²) in [6, 6.07) is 0. The summed E-state index contributed by atoms with van der Waals surface area (Å²) >= 11 is 7.73. The van der Waals surface area contributed by atoms with Crippen molar-refractivity contribution in [3.8, 4) is 0 Å². The molecule has 1 heterocycles. The summed E-state index contributed by atoms with van der Waals surface area (Å²) in [6.07, 6.45) is 5.00. The van der Waals surface area contributed by atoms with Crippen LogP contribution in [-0.4, -0.2) is 28.1 Å². The summed E-state index contributed by atoms with van der Waals surface area (Å²) in [5, 5.41) is 4.02. The van der Waals surface area contributed by atoms with Gasteiger partial charge in [0.15, 0.2) is 0 Å². The first-order valence-electron chi connectivity index (χ1n) is 4.61. The summed E-state index contributed by atoms with van der Waals surface area (Å²) in [7, 11) is 1.92. The van der Waals surface area contributed by atoms with Crippen LogP contribution in [0.15, 0.2) is 6.20 Å². The second kappa shape index (κ2) is 6.32. The largest absolute Gasteiger partial charge is 0.321 e. The van der Waals surface area contributed by atoms with E-state index < -0.39 is 0 Å². The van der Waals surface area contributed by atoms with E-state index in [1.54, 1.807) is 6.20 Å². The van der Waals surface area contributed by atoms with Crippen molar-refractivity contribution < 1.29 is 0 Å². The van der Waals surface area contributed by atoms with Gasteiger partial charge in [-0.25, -0.2) is 4.98 Å². The number of nitrogens with zero attached hydrogens (tertiary/aromatic N) is 2. The monoisotopic (exact) mass is 233 g/mol. The van der Waals surface area contributed by atoms with Gasteiger partial charge >= 0.3 is 0 Å². The fourth-order valence-corrected chi connectivity index (χ4v) is 1.71. The van der Waals surface area contributed by atoms with Crippen LogP contribution in [0, 0.1) is 0 Å². The Labute approximate surface area is 94.2 Å². The van der Waals surface area contributed by atoms with E-state index >= 15 is 0 Å². The topological polar surface area (TPSA) is 29.9 Å². The lowest BCUT2D eigenvalue weighted by Crippen LogP contribution is -2.17. The van der Waals surface area contributed by atoms with Gasteiger partial charge in [-0.2, -0.15) is 11.8 Å². The fourth-order valence-electron chi connectivity index (χ4n) is 1.13. The molecule has 0 aliphatic carbocycles. The molecule has 0 radical (unpaired) electrons. The molecule has 0 bridgehead atoms. The third-order valence-corrected chi connectivity index (χ3v) is 3.06. The van der Waals surface area contributed by atoms with Crippen LogP contribution in [0.4, 0.5) is 0 Å². The maximum Gasteiger partial charge on any atom is 0.128 e. The van der Waals surface area contributed by atoms with E-state index in [0.29, 0.717) is 5.15 Å². The Balaban J connectivity index is 2.21. The van der Waals surface area contributed by atoms with E-state index in [-0.39, 0.29) is 0 Å². The quantitative estimate of drug-likeness (QED) is 0.762. The Bertz CT molecular complexity index is 275. The van der Waals surface area contributed by atoms with Crippen molar-refractivity contribution in [2.24, 2.45) is 7.05 Å². The highest BCUT2D eigenvalue weighted by molar-refractivity contribution is 7.98. The van der Waals surface area contributed by atoms with Crippen molar-refractivity contribution in [2.75, 3.05) is 18.6 Å². The van der Waals surface area contributed by atoms with E-state index in [9.17, 15) is 0 Å². The molecule has 0 unspecified atom stereocenters. The Kier molecular flexibility index (Phi) is 5.37. The number of nitrogens with one attached hydrogen (secondary N) is 1. The summed E-state index contributed by atoms with van der Waals surface area (Å²) < 4.78 is 1.89. The van der Waals surface area contributed by atoms with Crippen LogP contribution >= 0.6 is 23.4 Å². The van der Waals surface area contributed by atoms with Gasteiger partial charge in [0.2, 0.25) is 0 Å². The number of hydrogen-bond donors (Lipinski definition) is 1. The van der Waals surface area contributed by atoms with Gasteiger partial charge in [0.1, 0.15) is 11.0 Å². The fraction of sp³-hybridized carbons (Fsp3) is 0.667. The maximum atomic E-state index is 5.86. The number of halogens is 1. The van der Waals surface area contributed by atoms with E-state index in [2.05, 4.69) is 16.6 Å². The lowest BCUT2D eigenvalue weighted by Gasteiger charge is -2.04. The molecule has 0 saturated heterocycles. The third kappa shape index (κ3) is 3.52. The summed E-state index contributed by atoms with van der Waals surface area (Å²) in [6.45, 7) is 1.82. The van der Waals surface area contributed by atoms with Crippen LogP contribution in [0.3, 0.4) is 0 Å². The van der Waals surface area contributed by atoms with Crippen molar-refractivity contribution >= 4 is 23.4 Å². The molecule has 0 aliphatic heterocycles. The summed E-state index contributed by atoms with van der Waals surface area (Å²) in [4.78, 5) is 4.20. The molecule has 1 rings (SSSR count). The number of imidazole rings is 1. The van der Waals surface area contributed by atoms with Crippen molar-refractivity contribution in [1.82, 2.24) is 14.9 Å². The van der Waals surface area contributed by atoms with Crippen molar-refractivity contribution in [2.45, 2.75) is 13.0 Å². The standard InChI is InChI=1S/C9H16ClN3S/c1-13-8(10)6-12-9(13)7-11-4-3-5-14-2/h6,11H,3-5,7H2,1-2H3. The number of aromatic nitrogens is 2. The van der Waals surface area contributed by atoms with Gasteiger partial charge in [0, 0.05) is 7.05 Å². The first-order valence-corrected chi connectivity index (χ1v) is 6.38. The molecule has 0 aliphatic rings. The molecular formula is C9H16ClN3S. The average molecular weight is 234 g/mol. The smallest absolute Gasteiger partial charge is 0.128 e. The lowest BCUT2D eigenvalue weighted by atomic mass is 10.4. The van der Waals surface area contributed by atoms with Gasteiger partial charge in [-0.15, -0.1) is 0 Å². The second-order valence-corrected chi connectivity index (χ2v) is 4.45. The molecule has 5 heteroatoms. The normalized spacial score (nSPS) is 10.8. The molecule has 80 valence electrons. The van der Waals surface area contributed by atoms with E-state index in [1.165, 1.54) is 12.2 Å². The Morgan fingerprint density at radius 2 is 2.43 bits per heavy atom. The molecule has 0 saturated carbocycles. The number of rotatable bonds is 6. The molecule has 14 heavy (non-hydrogen) atoms. The van der Waals surface area contributed by atoms with Gasteiger partial charge in [0.05, 0.1) is 12.7 Å². The van der Waals surface area contributed by atoms with Crippen LogP contribution < -0.4 is 5.32 Å².